The van der Waals surface area contributed by atoms with Crippen molar-refractivity contribution in [2.24, 2.45) is 0 Å². The SMILES string of the molecule is Nc1nnc(C2CCC(F)CC2)s1. The monoisotopic (exact) mass is 201 g/mol. The molecule has 1 saturated carbocycles. The van der Waals surface area contributed by atoms with E-state index in [4.69, 9.17) is 5.73 Å². The van der Waals surface area contributed by atoms with E-state index < -0.39 is 6.17 Å². The summed E-state index contributed by atoms with van der Waals surface area (Å²) in [5.41, 5.74) is 5.48. The van der Waals surface area contributed by atoms with Gasteiger partial charge in [0.1, 0.15) is 11.2 Å². The molecule has 2 N–H and O–H groups in total. The smallest absolute Gasteiger partial charge is 0.203 e. The van der Waals surface area contributed by atoms with Crippen LogP contribution < -0.4 is 5.73 Å². The molecule has 0 atom stereocenters. The van der Waals surface area contributed by atoms with Crippen LogP contribution in [0.4, 0.5) is 9.52 Å². The van der Waals surface area contributed by atoms with Crippen LogP contribution in [-0.4, -0.2) is 16.4 Å². The highest BCUT2D eigenvalue weighted by molar-refractivity contribution is 7.15. The summed E-state index contributed by atoms with van der Waals surface area (Å²) in [6, 6.07) is 0. The van der Waals surface area contributed by atoms with Crippen LogP contribution in [0.25, 0.3) is 0 Å². The fourth-order valence-corrected chi connectivity index (χ4v) is 2.49. The van der Waals surface area contributed by atoms with Crippen molar-refractivity contribution >= 4 is 16.5 Å². The Labute approximate surface area is 80.2 Å². The van der Waals surface area contributed by atoms with Crippen molar-refractivity contribution in [3.63, 3.8) is 0 Å². The molecule has 0 radical (unpaired) electrons. The molecule has 0 bridgehead atoms. The van der Waals surface area contributed by atoms with Crippen LogP contribution in [0.5, 0.6) is 0 Å². The molecule has 1 aromatic rings. The van der Waals surface area contributed by atoms with Gasteiger partial charge in [0.15, 0.2) is 0 Å². The van der Waals surface area contributed by atoms with Crippen molar-refractivity contribution in [3.05, 3.63) is 5.01 Å². The molecule has 72 valence electrons. The van der Waals surface area contributed by atoms with Crippen LogP contribution in [0.3, 0.4) is 0 Å². The third-order valence-electron chi connectivity index (χ3n) is 2.46. The second kappa shape index (κ2) is 3.57. The van der Waals surface area contributed by atoms with Crippen LogP contribution in [0.1, 0.15) is 36.6 Å². The van der Waals surface area contributed by atoms with Gasteiger partial charge in [0, 0.05) is 5.92 Å². The van der Waals surface area contributed by atoms with Gasteiger partial charge in [0.2, 0.25) is 5.13 Å². The minimum absolute atomic E-state index is 0.391. The number of hydrogen-bond donors (Lipinski definition) is 1. The second-order valence-corrected chi connectivity index (χ2v) is 4.47. The number of rotatable bonds is 1. The van der Waals surface area contributed by atoms with E-state index in [-0.39, 0.29) is 0 Å². The summed E-state index contributed by atoms with van der Waals surface area (Å²) in [6.45, 7) is 0. The molecule has 0 aromatic carbocycles. The standard InChI is InChI=1S/C8H12FN3S/c9-6-3-1-5(2-4-6)7-11-12-8(10)13-7/h5-6H,1-4H2,(H2,10,12). The molecule has 0 aliphatic heterocycles. The van der Waals surface area contributed by atoms with Gasteiger partial charge < -0.3 is 5.73 Å². The molecule has 0 amide bonds. The van der Waals surface area contributed by atoms with Crippen LogP contribution in [-0.2, 0) is 0 Å². The van der Waals surface area contributed by atoms with Crippen LogP contribution in [0.15, 0.2) is 0 Å². The molecule has 0 saturated heterocycles. The van der Waals surface area contributed by atoms with E-state index in [2.05, 4.69) is 10.2 Å². The zero-order valence-electron chi connectivity index (χ0n) is 7.24. The van der Waals surface area contributed by atoms with E-state index in [9.17, 15) is 4.39 Å². The van der Waals surface area contributed by atoms with Gasteiger partial charge in [0.05, 0.1) is 0 Å². The number of nitrogen functional groups attached to an aromatic ring is 1. The first-order valence-corrected chi connectivity index (χ1v) is 5.30. The number of alkyl halides is 1. The molecule has 1 aliphatic carbocycles. The summed E-state index contributed by atoms with van der Waals surface area (Å²) in [5, 5.41) is 9.24. The fraction of sp³-hybridized carbons (Fsp3) is 0.750. The van der Waals surface area contributed by atoms with E-state index in [0.29, 0.717) is 23.9 Å². The Balaban J connectivity index is 2.02. The minimum Gasteiger partial charge on any atom is -0.374 e. The lowest BCUT2D eigenvalue weighted by molar-refractivity contribution is 0.235. The molecular formula is C8H12FN3S. The number of aromatic nitrogens is 2. The predicted octanol–water partition coefficient (Wildman–Crippen LogP) is 2.12. The van der Waals surface area contributed by atoms with E-state index in [0.717, 1.165) is 17.8 Å². The van der Waals surface area contributed by atoms with Gasteiger partial charge in [-0.2, -0.15) is 0 Å². The highest BCUT2D eigenvalue weighted by atomic mass is 32.1. The second-order valence-electron chi connectivity index (χ2n) is 3.43. The average Bonchev–Trinajstić information content (AvgIpc) is 2.53. The average molecular weight is 201 g/mol. The maximum Gasteiger partial charge on any atom is 0.203 e. The van der Waals surface area contributed by atoms with Crippen LogP contribution in [0.2, 0.25) is 0 Å². The number of nitrogens with two attached hydrogens (primary N) is 1. The lowest BCUT2D eigenvalue weighted by Gasteiger charge is -2.21. The number of nitrogens with zero attached hydrogens (tertiary/aromatic N) is 2. The summed E-state index contributed by atoms with van der Waals surface area (Å²) in [7, 11) is 0. The maximum absolute atomic E-state index is 12.8. The van der Waals surface area contributed by atoms with Gasteiger partial charge in [-0.3, -0.25) is 0 Å². The lowest BCUT2D eigenvalue weighted by Crippen LogP contribution is -2.13. The summed E-state index contributed by atoms with van der Waals surface area (Å²) in [6.07, 6.45) is 2.47. The molecule has 1 fully saturated rings. The van der Waals surface area contributed by atoms with Crippen molar-refractivity contribution < 1.29 is 4.39 Å². The summed E-state index contributed by atoms with van der Waals surface area (Å²) < 4.78 is 12.8. The van der Waals surface area contributed by atoms with Crippen LogP contribution >= 0.6 is 11.3 Å². The van der Waals surface area contributed by atoms with Crippen molar-refractivity contribution in [1.82, 2.24) is 10.2 Å². The minimum atomic E-state index is -0.610. The normalized spacial score (nSPS) is 29.0. The Hall–Kier alpha value is -0.710. The fourth-order valence-electron chi connectivity index (χ4n) is 1.71. The Morgan fingerprint density at radius 2 is 1.92 bits per heavy atom. The Bertz CT molecular complexity index is 281. The van der Waals surface area contributed by atoms with Gasteiger partial charge in [-0.15, -0.1) is 10.2 Å². The number of hydrogen-bond acceptors (Lipinski definition) is 4. The molecular weight excluding hydrogens is 189 g/mol. The largest absolute Gasteiger partial charge is 0.374 e. The topological polar surface area (TPSA) is 51.8 Å². The third-order valence-corrected chi connectivity index (χ3v) is 3.38. The first-order valence-electron chi connectivity index (χ1n) is 4.48. The first-order chi connectivity index (χ1) is 6.25. The third kappa shape index (κ3) is 1.96. The van der Waals surface area contributed by atoms with Gasteiger partial charge in [-0.1, -0.05) is 11.3 Å². The van der Waals surface area contributed by atoms with E-state index >= 15 is 0 Å². The molecule has 13 heavy (non-hydrogen) atoms. The van der Waals surface area contributed by atoms with Crippen LogP contribution in [0, 0.1) is 0 Å². The Morgan fingerprint density at radius 1 is 1.23 bits per heavy atom. The molecule has 1 heterocycles. The molecule has 3 nitrogen and oxygen atoms in total. The zero-order chi connectivity index (χ0) is 9.26. The predicted molar refractivity (Wildman–Crippen MR) is 50.4 cm³/mol. The van der Waals surface area contributed by atoms with Gasteiger partial charge in [-0.05, 0) is 25.7 Å². The first kappa shape index (κ1) is 8.87. The summed E-state index contributed by atoms with van der Waals surface area (Å²) in [5.74, 6) is 0.391. The number of anilines is 1. The molecule has 1 aliphatic rings. The summed E-state index contributed by atoms with van der Waals surface area (Å²) in [4.78, 5) is 0. The highest BCUT2D eigenvalue weighted by Gasteiger charge is 2.24. The van der Waals surface area contributed by atoms with Crippen molar-refractivity contribution in [3.8, 4) is 0 Å². The van der Waals surface area contributed by atoms with Crippen molar-refractivity contribution in [2.75, 3.05) is 5.73 Å². The molecule has 2 rings (SSSR count). The molecule has 5 heteroatoms. The quantitative estimate of drug-likeness (QED) is 0.757. The highest BCUT2D eigenvalue weighted by Crippen LogP contribution is 2.35. The van der Waals surface area contributed by atoms with E-state index in [1.807, 2.05) is 0 Å². The molecule has 0 unspecified atom stereocenters. The summed E-state index contributed by atoms with van der Waals surface area (Å²) >= 11 is 1.43. The molecule has 1 aromatic heterocycles. The van der Waals surface area contributed by atoms with Gasteiger partial charge in [0.25, 0.3) is 0 Å². The zero-order valence-corrected chi connectivity index (χ0v) is 8.06. The lowest BCUT2D eigenvalue weighted by atomic mass is 9.89. The van der Waals surface area contributed by atoms with Crippen molar-refractivity contribution in [1.29, 1.82) is 0 Å². The van der Waals surface area contributed by atoms with Gasteiger partial charge in [-0.25, -0.2) is 4.39 Å². The van der Waals surface area contributed by atoms with Gasteiger partial charge >= 0.3 is 0 Å². The van der Waals surface area contributed by atoms with Crippen molar-refractivity contribution in [2.45, 2.75) is 37.8 Å². The van der Waals surface area contributed by atoms with E-state index in [1.54, 1.807) is 0 Å². The van der Waals surface area contributed by atoms with E-state index in [1.165, 1.54) is 11.3 Å². The number of halogens is 1. The Kier molecular flexibility index (Phi) is 2.44. The maximum atomic E-state index is 12.8. The molecule has 0 spiro atoms. The Morgan fingerprint density at radius 3 is 2.46 bits per heavy atom.